The van der Waals surface area contributed by atoms with Gasteiger partial charge >= 0.3 is 0 Å². The van der Waals surface area contributed by atoms with E-state index in [9.17, 15) is 0 Å². The van der Waals surface area contributed by atoms with Gasteiger partial charge in [-0.2, -0.15) is 0 Å². The van der Waals surface area contributed by atoms with Crippen molar-refractivity contribution in [3.8, 4) is 0 Å². The first-order valence-corrected chi connectivity index (χ1v) is 2.73. The molecule has 45 valence electrons. The van der Waals surface area contributed by atoms with Crippen LogP contribution in [-0.2, 0) is 0 Å². The quantitative estimate of drug-likeness (QED) is 0.412. The zero-order chi connectivity index (χ0) is 5.58. The molecule has 0 aliphatic rings. The predicted octanol–water partition coefficient (Wildman–Crippen LogP) is 2.55. The maximum absolute atomic E-state index is 2.17. The topological polar surface area (TPSA) is 0 Å². The third-order valence-corrected chi connectivity index (χ3v) is 0. The van der Waals surface area contributed by atoms with Crippen LogP contribution in [0.25, 0.3) is 0 Å². The Kier molecular flexibility index (Phi) is 37.2. The molecular formula is C6H18B. The van der Waals surface area contributed by atoms with Crippen molar-refractivity contribution in [3.05, 3.63) is 0 Å². The highest BCUT2D eigenvalue weighted by Gasteiger charge is 1.68. The van der Waals surface area contributed by atoms with E-state index >= 15 is 0 Å². The van der Waals surface area contributed by atoms with E-state index in [2.05, 4.69) is 20.8 Å². The van der Waals surface area contributed by atoms with E-state index in [0.29, 0.717) is 0 Å². The van der Waals surface area contributed by atoms with Crippen molar-refractivity contribution < 1.29 is 1.43 Å². The molecule has 0 aliphatic heterocycles. The van der Waals surface area contributed by atoms with Crippen LogP contribution >= 0.6 is 0 Å². The second kappa shape index (κ2) is 16.6. The van der Waals surface area contributed by atoms with Crippen molar-refractivity contribution in [1.82, 2.24) is 0 Å². The second-order valence-corrected chi connectivity index (χ2v) is 1.73. The molecule has 0 aromatic carbocycles. The maximum atomic E-state index is 2.17. The molecular weight excluding hydrogens is 82.9 g/mol. The van der Waals surface area contributed by atoms with Crippen molar-refractivity contribution >= 4 is 8.41 Å². The highest BCUT2D eigenvalue weighted by molar-refractivity contribution is 5.75. The first-order valence-electron chi connectivity index (χ1n) is 2.73. The molecule has 0 heterocycles. The van der Waals surface area contributed by atoms with E-state index in [0.717, 1.165) is 5.92 Å². The molecule has 1 heteroatoms. The summed E-state index contributed by atoms with van der Waals surface area (Å²) < 4.78 is 0. The molecule has 0 nitrogen and oxygen atoms in total. The molecule has 0 saturated carbocycles. The largest absolute Gasteiger partial charge is 0.0683 e. The molecule has 0 aromatic rings. The van der Waals surface area contributed by atoms with Crippen LogP contribution in [0.5, 0.6) is 0 Å². The van der Waals surface area contributed by atoms with Gasteiger partial charge in [-0.25, -0.2) is 0 Å². The summed E-state index contributed by atoms with van der Waals surface area (Å²) in [5.74, 6) is 0.833. The van der Waals surface area contributed by atoms with E-state index < -0.39 is 0 Å². The lowest BCUT2D eigenvalue weighted by Crippen LogP contribution is -1.66. The predicted molar refractivity (Wildman–Crippen MR) is 39.7 cm³/mol. The Bertz CT molecular complexity index is 13.2. The summed E-state index contributed by atoms with van der Waals surface area (Å²) in [6.07, 6.45) is 0. The SMILES string of the molecule is CC.CC(C)C.[2HH].[B]. The molecule has 0 bridgehead atoms. The van der Waals surface area contributed by atoms with Crippen molar-refractivity contribution in [1.29, 1.82) is 0 Å². The van der Waals surface area contributed by atoms with Crippen LogP contribution < -0.4 is 0 Å². The minimum absolute atomic E-state index is 0. The number of hydrogen-bond acceptors (Lipinski definition) is 0. The summed E-state index contributed by atoms with van der Waals surface area (Å²) in [6.45, 7) is 10.5. The fraction of sp³-hybridized carbons (Fsp3) is 1.00. The molecule has 0 spiro atoms. The molecule has 0 fully saturated rings. The standard InChI is InChI=1S/C4H10.C2H6.B.H2/c1-4(2)3;1-2;;/h4H,1-3H3;1-2H3;;1H/i;;;1+1. The molecule has 0 saturated heterocycles. The molecule has 0 atom stereocenters. The van der Waals surface area contributed by atoms with Gasteiger partial charge in [0.15, 0.2) is 0 Å². The summed E-state index contributed by atoms with van der Waals surface area (Å²) in [5, 5.41) is 0. The average molecular weight is 102 g/mol. The van der Waals surface area contributed by atoms with Gasteiger partial charge in [0.2, 0.25) is 0 Å². The van der Waals surface area contributed by atoms with Crippen LogP contribution in [0.15, 0.2) is 0 Å². The van der Waals surface area contributed by atoms with E-state index in [-0.39, 0.29) is 9.84 Å². The molecule has 0 amide bonds. The first kappa shape index (κ1) is 15.7. The van der Waals surface area contributed by atoms with Gasteiger partial charge in [0.25, 0.3) is 0 Å². The minimum atomic E-state index is 0. The molecule has 0 aliphatic carbocycles. The zero-order valence-corrected chi connectivity index (χ0v) is 6.15. The summed E-state index contributed by atoms with van der Waals surface area (Å²) in [6, 6.07) is 0. The monoisotopic (exact) mass is 102 g/mol. The molecule has 3 radical (unpaired) electrons. The minimum Gasteiger partial charge on any atom is -0.0683 e. The Balaban J connectivity index is -0.0000000183. The third kappa shape index (κ3) is 23800. The smallest absolute Gasteiger partial charge is 0 e. The van der Waals surface area contributed by atoms with Gasteiger partial charge in [0.05, 0.1) is 0 Å². The van der Waals surface area contributed by atoms with Crippen LogP contribution in [0, 0.1) is 5.92 Å². The van der Waals surface area contributed by atoms with Crippen molar-refractivity contribution in [2.45, 2.75) is 34.6 Å². The lowest BCUT2D eigenvalue weighted by molar-refractivity contribution is 0.737. The highest BCUT2D eigenvalue weighted by atomic mass is 13.7. The molecule has 0 rings (SSSR count). The third-order valence-electron chi connectivity index (χ3n) is 0. The summed E-state index contributed by atoms with van der Waals surface area (Å²) >= 11 is 0. The normalized spacial score (nSPS) is 6.00. The first-order chi connectivity index (χ1) is 2.73. The van der Waals surface area contributed by atoms with Gasteiger partial charge in [0.1, 0.15) is 0 Å². The van der Waals surface area contributed by atoms with Crippen LogP contribution in [0.3, 0.4) is 0 Å². The molecule has 7 heavy (non-hydrogen) atoms. The van der Waals surface area contributed by atoms with Gasteiger partial charge in [-0.05, 0) is 5.92 Å². The van der Waals surface area contributed by atoms with Gasteiger partial charge in [-0.3, -0.25) is 0 Å². The number of rotatable bonds is 0. The van der Waals surface area contributed by atoms with E-state index in [4.69, 9.17) is 0 Å². The Morgan fingerprint density at radius 3 is 1.00 bits per heavy atom. The Morgan fingerprint density at radius 1 is 1.00 bits per heavy atom. The molecule has 0 unspecified atom stereocenters. The van der Waals surface area contributed by atoms with Gasteiger partial charge in [-0.15, -0.1) is 0 Å². The van der Waals surface area contributed by atoms with Crippen LogP contribution in [0.4, 0.5) is 0 Å². The zero-order valence-electron chi connectivity index (χ0n) is 6.15. The lowest BCUT2D eigenvalue weighted by atomic mass is 10.3. The Hall–Kier alpha value is 0.0649. The Morgan fingerprint density at radius 2 is 1.00 bits per heavy atom. The van der Waals surface area contributed by atoms with Crippen molar-refractivity contribution in [3.63, 3.8) is 0 Å². The van der Waals surface area contributed by atoms with Gasteiger partial charge in [0, 0.05) is 9.84 Å². The fourth-order valence-electron chi connectivity index (χ4n) is 0. The van der Waals surface area contributed by atoms with E-state index in [1.165, 1.54) is 0 Å². The van der Waals surface area contributed by atoms with Gasteiger partial charge < -0.3 is 0 Å². The van der Waals surface area contributed by atoms with E-state index in [1.807, 2.05) is 13.8 Å². The van der Waals surface area contributed by atoms with Crippen molar-refractivity contribution in [2.24, 2.45) is 5.92 Å². The highest BCUT2D eigenvalue weighted by Crippen LogP contribution is 1.81. The average Bonchev–Trinajstić information content (AvgIpc) is 1.41. The molecule has 0 aromatic heterocycles. The van der Waals surface area contributed by atoms with Crippen LogP contribution in [-0.4, -0.2) is 8.41 Å². The van der Waals surface area contributed by atoms with Crippen LogP contribution in [0.1, 0.15) is 36.0 Å². The van der Waals surface area contributed by atoms with Crippen LogP contribution in [0.2, 0.25) is 0 Å². The maximum Gasteiger partial charge on any atom is 0 e. The van der Waals surface area contributed by atoms with Crippen molar-refractivity contribution in [2.75, 3.05) is 0 Å². The fourth-order valence-corrected chi connectivity index (χ4v) is 0. The summed E-state index contributed by atoms with van der Waals surface area (Å²) in [7, 11) is 0. The summed E-state index contributed by atoms with van der Waals surface area (Å²) in [4.78, 5) is 0. The molecule has 0 N–H and O–H groups in total. The Labute approximate surface area is 51.4 Å². The summed E-state index contributed by atoms with van der Waals surface area (Å²) in [5.41, 5.74) is 0. The second-order valence-electron chi connectivity index (χ2n) is 1.73. The van der Waals surface area contributed by atoms with E-state index in [1.54, 1.807) is 0 Å². The van der Waals surface area contributed by atoms with Gasteiger partial charge in [-0.1, -0.05) is 34.6 Å². The number of hydrogen-bond donors (Lipinski definition) is 0. The lowest BCUT2D eigenvalue weighted by Gasteiger charge is -1.79.